The monoisotopic (exact) mass is 220 g/mol. The Morgan fingerprint density at radius 3 is 2.87 bits per heavy atom. The lowest BCUT2D eigenvalue weighted by Crippen LogP contribution is -2.00. The van der Waals surface area contributed by atoms with Crippen molar-refractivity contribution in [3.8, 4) is 11.5 Å². The van der Waals surface area contributed by atoms with E-state index in [1.807, 2.05) is 18.5 Å². The van der Waals surface area contributed by atoms with Gasteiger partial charge < -0.3 is 5.32 Å². The molecule has 0 unspecified atom stereocenters. The molecule has 78 valence electrons. The van der Waals surface area contributed by atoms with Crippen molar-refractivity contribution in [2.45, 2.75) is 13.3 Å². The van der Waals surface area contributed by atoms with Crippen LogP contribution in [0.15, 0.2) is 17.0 Å². The van der Waals surface area contributed by atoms with Gasteiger partial charge in [0.1, 0.15) is 11.5 Å². The van der Waals surface area contributed by atoms with Gasteiger partial charge in [0.25, 0.3) is 0 Å². The number of nitrogens with one attached hydrogen (secondary N) is 1. The third-order valence-electron chi connectivity index (χ3n) is 2.06. The molecule has 5 heteroatoms. The smallest absolute Gasteiger partial charge is 0.181 e. The Bertz CT molecular complexity index is 416. The van der Waals surface area contributed by atoms with Gasteiger partial charge in [0.2, 0.25) is 0 Å². The summed E-state index contributed by atoms with van der Waals surface area (Å²) in [6.45, 7) is 2.08. The molecule has 2 heterocycles. The fourth-order valence-electron chi connectivity index (χ4n) is 1.24. The summed E-state index contributed by atoms with van der Waals surface area (Å²) in [4.78, 5) is 13.0. The normalized spacial score (nSPS) is 10.3. The number of thiazole rings is 1. The Balaban J connectivity index is 2.47. The van der Waals surface area contributed by atoms with E-state index in [9.17, 15) is 0 Å². The maximum absolute atomic E-state index is 4.44. The molecule has 0 amide bonds. The van der Waals surface area contributed by atoms with Gasteiger partial charge in [-0.25, -0.2) is 15.0 Å². The number of aryl methyl sites for hydroxylation is 1. The van der Waals surface area contributed by atoms with E-state index < -0.39 is 0 Å². The first kappa shape index (κ1) is 10.0. The third-order valence-corrected chi connectivity index (χ3v) is 2.65. The van der Waals surface area contributed by atoms with E-state index in [0.717, 1.165) is 23.6 Å². The first-order valence-corrected chi connectivity index (χ1v) is 5.72. The van der Waals surface area contributed by atoms with E-state index in [2.05, 4.69) is 27.2 Å². The third kappa shape index (κ3) is 2.12. The van der Waals surface area contributed by atoms with Gasteiger partial charge in [0.05, 0.1) is 5.51 Å². The van der Waals surface area contributed by atoms with Crippen LogP contribution in [0.25, 0.3) is 11.5 Å². The number of hydrogen-bond acceptors (Lipinski definition) is 5. The predicted octanol–water partition coefficient (Wildman–Crippen LogP) is 2.20. The highest BCUT2D eigenvalue weighted by Crippen LogP contribution is 2.17. The zero-order chi connectivity index (χ0) is 10.7. The Morgan fingerprint density at radius 2 is 2.27 bits per heavy atom. The highest BCUT2D eigenvalue weighted by Gasteiger charge is 2.06. The maximum atomic E-state index is 4.44. The van der Waals surface area contributed by atoms with Gasteiger partial charge in [-0.05, 0) is 6.42 Å². The van der Waals surface area contributed by atoms with E-state index in [0.29, 0.717) is 5.82 Å². The fourth-order valence-corrected chi connectivity index (χ4v) is 1.77. The highest BCUT2D eigenvalue weighted by molar-refractivity contribution is 7.07. The fraction of sp³-hybridized carbons (Fsp3) is 0.300. The second-order valence-corrected chi connectivity index (χ2v) is 3.76. The van der Waals surface area contributed by atoms with Crippen LogP contribution < -0.4 is 5.32 Å². The molecule has 0 saturated carbocycles. The lowest BCUT2D eigenvalue weighted by molar-refractivity contribution is 1.00. The second-order valence-electron chi connectivity index (χ2n) is 3.05. The molecule has 1 N–H and O–H groups in total. The minimum Gasteiger partial charge on any atom is -0.373 e. The second kappa shape index (κ2) is 4.35. The standard InChI is InChI=1S/C10H12N4S/c1-3-7-4-9(11-2)14-10(13-7)8-5-15-6-12-8/h4-6H,3H2,1-2H3,(H,11,13,14). The zero-order valence-electron chi connectivity index (χ0n) is 8.69. The Labute approximate surface area is 92.4 Å². The van der Waals surface area contributed by atoms with E-state index in [1.165, 1.54) is 0 Å². The molecule has 0 spiro atoms. The van der Waals surface area contributed by atoms with Crippen molar-refractivity contribution in [2.75, 3.05) is 12.4 Å². The number of aromatic nitrogens is 3. The molecule has 0 fully saturated rings. The maximum Gasteiger partial charge on any atom is 0.181 e. The summed E-state index contributed by atoms with van der Waals surface area (Å²) in [7, 11) is 1.85. The zero-order valence-corrected chi connectivity index (χ0v) is 9.51. The Hall–Kier alpha value is -1.49. The number of anilines is 1. The summed E-state index contributed by atoms with van der Waals surface area (Å²) in [5, 5.41) is 4.98. The van der Waals surface area contributed by atoms with Gasteiger partial charge in [0, 0.05) is 24.2 Å². The average molecular weight is 220 g/mol. The largest absolute Gasteiger partial charge is 0.373 e. The summed E-state index contributed by atoms with van der Waals surface area (Å²) in [5.41, 5.74) is 3.65. The van der Waals surface area contributed by atoms with E-state index in [4.69, 9.17) is 0 Å². The van der Waals surface area contributed by atoms with Crippen molar-refractivity contribution in [1.29, 1.82) is 0 Å². The molecule has 0 aliphatic heterocycles. The topological polar surface area (TPSA) is 50.7 Å². The summed E-state index contributed by atoms with van der Waals surface area (Å²) in [6, 6.07) is 1.95. The van der Waals surface area contributed by atoms with Gasteiger partial charge in [-0.3, -0.25) is 0 Å². The molecule has 15 heavy (non-hydrogen) atoms. The van der Waals surface area contributed by atoms with Crippen molar-refractivity contribution in [3.05, 3.63) is 22.7 Å². The van der Waals surface area contributed by atoms with Crippen LogP contribution in [0.2, 0.25) is 0 Å². The van der Waals surface area contributed by atoms with E-state index in [-0.39, 0.29) is 0 Å². The number of hydrogen-bond donors (Lipinski definition) is 1. The van der Waals surface area contributed by atoms with E-state index >= 15 is 0 Å². The molecule has 0 bridgehead atoms. The van der Waals surface area contributed by atoms with Gasteiger partial charge in [0.15, 0.2) is 5.82 Å². The molecule has 0 aromatic carbocycles. The summed E-state index contributed by atoms with van der Waals surface area (Å²) < 4.78 is 0. The molecule has 0 saturated heterocycles. The van der Waals surface area contributed by atoms with Gasteiger partial charge >= 0.3 is 0 Å². The molecular formula is C10H12N4S. The first-order chi connectivity index (χ1) is 7.33. The van der Waals surface area contributed by atoms with Gasteiger partial charge in [-0.1, -0.05) is 6.92 Å². The lowest BCUT2D eigenvalue weighted by atomic mass is 10.3. The van der Waals surface area contributed by atoms with Gasteiger partial charge in [-0.2, -0.15) is 0 Å². The van der Waals surface area contributed by atoms with E-state index in [1.54, 1.807) is 16.8 Å². The molecule has 0 aliphatic rings. The van der Waals surface area contributed by atoms with Crippen LogP contribution in [0.1, 0.15) is 12.6 Å². The minimum atomic E-state index is 0.694. The summed E-state index contributed by atoms with van der Waals surface area (Å²) in [6.07, 6.45) is 0.897. The van der Waals surface area contributed by atoms with Crippen LogP contribution >= 0.6 is 11.3 Å². The molecule has 2 rings (SSSR count). The van der Waals surface area contributed by atoms with Crippen LogP contribution in [0.4, 0.5) is 5.82 Å². The molecule has 2 aromatic heterocycles. The summed E-state index contributed by atoms with van der Waals surface area (Å²) in [5.74, 6) is 1.53. The summed E-state index contributed by atoms with van der Waals surface area (Å²) >= 11 is 1.55. The van der Waals surface area contributed by atoms with Crippen molar-refractivity contribution < 1.29 is 0 Å². The molecule has 0 aliphatic carbocycles. The molecular weight excluding hydrogens is 208 g/mol. The number of rotatable bonds is 3. The quantitative estimate of drug-likeness (QED) is 0.861. The number of nitrogens with zero attached hydrogens (tertiary/aromatic N) is 3. The van der Waals surface area contributed by atoms with Crippen LogP contribution in [0, 0.1) is 0 Å². The predicted molar refractivity (Wildman–Crippen MR) is 62.1 cm³/mol. The molecule has 0 radical (unpaired) electrons. The van der Waals surface area contributed by atoms with Crippen LogP contribution in [0.5, 0.6) is 0 Å². The molecule has 0 atom stereocenters. The van der Waals surface area contributed by atoms with Gasteiger partial charge in [-0.15, -0.1) is 11.3 Å². The Kier molecular flexibility index (Phi) is 2.91. The van der Waals surface area contributed by atoms with Crippen molar-refractivity contribution in [3.63, 3.8) is 0 Å². The van der Waals surface area contributed by atoms with Crippen LogP contribution in [-0.4, -0.2) is 22.0 Å². The van der Waals surface area contributed by atoms with Crippen molar-refractivity contribution in [1.82, 2.24) is 15.0 Å². The first-order valence-electron chi connectivity index (χ1n) is 4.77. The van der Waals surface area contributed by atoms with Crippen LogP contribution in [0.3, 0.4) is 0 Å². The van der Waals surface area contributed by atoms with Crippen molar-refractivity contribution in [2.24, 2.45) is 0 Å². The minimum absolute atomic E-state index is 0.694. The lowest BCUT2D eigenvalue weighted by Gasteiger charge is -2.04. The van der Waals surface area contributed by atoms with Crippen LogP contribution in [-0.2, 0) is 6.42 Å². The Morgan fingerprint density at radius 1 is 1.40 bits per heavy atom. The SMILES string of the molecule is CCc1cc(NC)nc(-c2cscn2)n1. The molecule has 2 aromatic rings. The van der Waals surface area contributed by atoms with Crippen molar-refractivity contribution >= 4 is 17.2 Å². The highest BCUT2D eigenvalue weighted by atomic mass is 32.1. The molecule has 4 nitrogen and oxygen atoms in total. The average Bonchev–Trinajstić information content (AvgIpc) is 2.81.